The van der Waals surface area contributed by atoms with E-state index in [-0.39, 0.29) is 65.2 Å². The highest BCUT2D eigenvalue weighted by Gasteiger charge is 2.28. The van der Waals surface area contributed by atoms with E-state index in [9.17, 15) is 32.4 Å². The quantitative estimate of drug-likeness (QED) is 0.0628. The van der Waals surface area contributed by atoms with Crippen LogP contribution in [0.5, 0.6) is 0 Å². The summed E-state index contributed by atoms with van der Waals surface area (Å²) in [5.41, 5.74) is 5.53. The van der Waals surface area contributed by atoms with Crippen LogP contribution in [0.1, 0.15) is 102 Å². The number of carboxylic acid groups (broad SMARTS) is 1. The third kappa shape index (κ3) is 12.2. The van der Waals surface area contributed by atoms with Crippen LogP contribution in [0, 0.1) is 0 Å². The number of aryl methyl sites for hydroxylation is 2. The van der Waals surface area contributed by atoms with Crippen molar-refractivity contribution in [3.8, 4) is 0 Å². The van der Waals surface area contributed by atoms with Crippen molar-refractivity contribution in [3.63, 3.8) is 0 Å². The maximum absolute atomic E-state index is 14.0. The number of benzene rings is 4. The Morgan fingerprint density at radius 3 is 2.06 bits per heavy atom. The van der Waals surface area contributed by atoms with E-state index in [2.05, 4.69) is 39.3 Å². The van der Waals surface area contributed by atoms with Crippen LogP contribution in [0.2, 0.25) is 0 Å². The Kier molecular flexibility index (Phi) is 15.8. The van der Waals surface area contributed by atoms with Crippen LogP contribution in [-0.2, 0) is 29.2 Å². The highest BCUT2D eigenvalue weighted by atomic mass is 32.2. The van der Waals surface area contributed by atoms with Crippen molar-refractivity contribution in [2.75, 3.05) is 55.4 Å². The molecule has 354 valence electrons. The molecule has 7 rings (SSSR count). The molecule has 0 radical (unpaired) electrons. The molecule has 6 aromatic rings. The predicted molar refractivity (Wildman–Crippen MR) is 263 cm³/mol. The number of aromatic amines is 1. The second-order valence-electron chi connectivity index (χ2n) is 17.1. The van der Waals surface area contributed by atoms with Gasteiger partial charge in [-0.2, -0.15) is 0 Å². The SMILES string of the molecule is CCC(CC)N(CCN(C)C(=O)c1cccc(C(=O)N2CCS(=O)(=O)CC2)n1)Cc1cccc(C(=O)Nc2[nH]c3ccccc3c2C(=O)Nc2ccc(CCCc3ccc(C(=O)O)cc3)cc2)c1. The van der Waals surface area contributed by atoms with Crippen LogP contribution in [0.4, 0.5) is 11.5 Å². The predicted octanol–water partition coefficient (Wildman–Crippen LogP) is 7.57. The molecule has 0 saturated carbocycles. The molecule has 0 bridgehead atoms. The fourth-order valence-electron chi connectivity index (χ4n) is 8.48. The van der Waals surface area contributed by atoms with Gasteiger partial charge in [0, 0.05) is 68.0 Å². The normalized spacial score (nSPS) is 13.4. The number of H-pyrrole nitrogens is 1. The number of amides is 4. The van der Waals surface area contributed by atoms with Gasteiger partial charge in [-0.1, -0.05) is 74.5 Å². The van der Waals surface area contributed by atoms with Crippen molar-refractivity contribution in [1.29, 1.82) is 0 Å². The van der Waals surface area contributed by atoms with Crippen LogP contribution < -0.4 is 10.6 Å². The number of nitrogens with zero attached hydrogens (tertiary/aromatic N) is 4. The summed E-state index contributed by atoms with van der Waals surface area (Å²) >= 11 is 0. The van der Waals surface area contributed by atoms with Crippen molar-refractivity contribution in [2.24, 2.45) is 0 Å². The second-order valence-corrected chi connectivity index (χ2v) is 19.4. The van der Waals surface area contributed by atoms with Gasteiger partial charge in [0.1, 0.15) is 17.2 Å². The fraction of sp³-hybridized carbons (Fsp3) is 0.308. The number of nitrogens with one attached hydrogen (secondary N) is 3. The van der Waals surface area contributed by atoms with Crippen molar-refractivity contribution < 1.29 is 37.5 Å². The van der Waals surface area contributed by atoms with Gasteiger partial charge in [-0.25, -0.2) is 18.2 Å². The molecular weight excluding hydrogens is 883 g/mol. The van der Waals surface area contributed by atoms with Gasteiger partial charge in [-0.3, -0.25) is 24.1 Å². The molecule has 1 saturated heterocycles. The number of pyridine rings is 1. The number of sulfone groups is 1. The Labute approximate surface area is 396 Å². The Morgan fingerprint density at radius 2 is 1.38 bits per heavy atom. The number of carbonyl (C=O) groups is 5. The zero-order valence-corrected chi connectivity index (χ0v) is 39.4. The highest BCUT2D eigenvalue weighted by Crippen LogP contribution is 2.28. The van der Waals surface area contributed by atoms with Crippen molar-refractivity contribution in [1.82, 2.24) is 24.7 Å². The summed E-state index contributed by atoms with van der Waals surface area (Å²) in [5.74, 6) is -2.42. The molecule has 3 heterocycles. The maximum atomic E-state index is 14.0. The molecule has 0 spiro atoms. The van der Waals surface area contributed by atoms with E-state index < -0.39 is 27.6 Å². The van der Waals surface area contributed by atoms with E-state index in [4.69, 9.17) is 5.11 Å². The minimum atomic E-state index is -3.17. The van der Waals surface area contributed by atoms with Gasteiger partial charge >= 0.3 is 5.97 Å². The number of fused-ring (bicyclic) bond motifs is 1. The number of hydrogen-bond donors (Lipinski definition) is 4. The number of rotatable bonds is 19. The van der Waals surface area contributed by atoms with Gasteiger partial charge < -0.3 is 30.5 Å². The van der Waals surface area contributed by atoms with Gasteiger partial charge in [0.15, 0.2) is 9.84 Å². The lowest BCUT2D eigenvalue weighted by Crippen LogP contribution is -2.44. The van der Waals surface area contributed by atoms with E-state index in [0.717, 1.165) is 48.8 Å². The van der Waals surface area contributed by atoms with Crippen LogP contribution >= 0.6 is 0 Å². The van der Waals surface area contributed by atoms with Crippen LogP contribution in [0.25, 0.3) is 10.9 Å². The third-order valence-electron chi connectivity index (χ3n) is 12.4. The van der Waals surface area contributed by atoms with Gasteiger partial charge in [-0.05, 0) is 103 Å². The third-order valence-corrected chi connectivity index (χ3v) is 14.0. The highest BCUT2D eigenvalue weighted by molar-refractivity contribution is 7.91. The number of hydrogen-bond acceptors (Lipinski definition) is 9. The zero-order valence-electron chi connectivity index (χ0n) is 38.5. The van der Waals surface area contributed by atoms with Gasteiger partial charge in [0.25, 0.3) is 23.6 Å². The van der Waals surface area contributed by atoms with E-state index in [1.165, 1.54) is 11.0 Å². The summed E-state index contributed by atoms with van der Waals surface area (Å²) in [6, 6.07) is 34.1. The molecule has 0 aliphatic carbocycles. The smallest absolute Gasteiger partial charge is 0.335 e. The van der Waals surface area contributed by atoms with E-state index in [1.807, 2.05) is 78.9 Å². The molecular formula is C52H57N7O8S. The maximum Gasteiger partial charge on any atom is 0.335 e. The summed E-state index contributed by atoms with van der Waals surface area (Å²) in [6.07, 6.45) is 4.21. The number of anilines is 2. The first kappa shape index (κ1) is 48.8. The lowest BCUT2D eigenvalue weighted by atomic mass is 10.0. The molecule has 68 heavy (non-hydrogen) atoms. The average molecular weight is 940 g/mol. The molecule has 16 heteroatoms. The molecule has 4 amide bonds. The van der Waals surface area contributed by atoms with Gasteiger partial charge in [0.2, 0.25) is 0 Å². The number of likely N-dealkylation sites (N-methyl/N-ethyl adjacent to an activating group) is 1. The Bertz CT molecular complexity index is 2880. The van der Waals surface area contributed by atoms with Crippen LogP contribution in [0.3, 0.4) is 0 Å². The van der Waals surface area contributed by atoms with Crippen LogP contribution in [-0.4, -0.2) is 119 Å². The van der Waals surface area contributed by atoms with Crippen LogP contribution in [0.15, 0.2) is 115 Å². The molecule has 15 nitrogen and oxygen atoms in total. The largest absolute Gasteiger partial charge is 0.478 e. The molecule has 2 aromatic heterocycles. The van der Waals surface area contributed by atoms with Crippen molar-refractivity contribution >= 4 is 61.8 Å². The van der Waals surface area contributed by atoms with E-state index in [1.54, 1.807) is 42.3 Å². The number of carboxylic acids is 1. The van der Waals surface area contributed by atoms with Crippen molar-refractivity contribution in [2.45, 2.75) is 58.5 Å². The monoisotopic (exact) mass is 939 g/mol. The molecule has 4 aromatic carbocycles. The number of aromatic carboxylic acids is 1. The number of carbonyl (C=O) groups excluding carboxylic acids is 4. The number of para-hydroxylation sites is 1. The first-order valence-electron chi connectivity index (χ1n) is 22.9. The Morgan fingerprint density at radius 1 is 0.735 bits per heavy atom. The fourth-order valence-corrected chi connectivity index (χ4v) is 9.68. The van der Waals surface area contributed by atoms with E-state index in [0.29, 0.717) is 47.4 Å². The van der Waals surface area contributed by atoms with Crippen molar-refractivity contribution in [3.05, 3.63) is 160 Å². The minimum absolute atomic E-state index is 0.0857. The topological polar surface area (TPSA) is 202 Å². The molecule has 0 atom stereocenters. The lowest BCUT2D eigenvalue weighted by Gasteiger charge is -2.32. The lowest BCUT2D eigenvalue weighted by molar-refractivity contribution is 0.0693. The summed E-state index contributed by atoms with van der Waals surface area (Å²) in [5, 5.41) is 15.8. The summed E-state index contributed by atoms with van der Waals surface area (Å²) in [6.45, 7) is 5.79. The number of aromatic nitrogens is 2. The van der Waals surface area contributed by atoms with Gasteiger partial charge in [0.05, 0.1) is 22.6 Å². The summed E-state index contributed by atoms with van der Waals surface area (Å²) < 4.78 is 23.8. The molecule has 1 fully saturated rings. The molecule has 4 N–H and O–H groups in total. The summed E-state index contributed by atoms with van der Waals surface area (Å²) in [7, 11) is -1.48. The standard InChI is InChI=1S/C52H57N7O8S/c1-4-41(5-2)59(28-27-57(3)50(62)44-17-10-18-45(54-44)51(63)58-29-31-68(66,67)32-30-58)34-37-13-9-14-39(33-37)48(60)56-47-46(42-15-6-7-16-43(42)55-47)49(61)53-40-25-21-36(22-26-40)12-8-11-35-19-23-38(24-20-35)52(64)65/h6-7,9-10,13-26,33,41,55H,4-5,8,11-12,27-32,34H2,1-3H3,(H,53,61)(H,56,60)(H,64,65). The average Bonchev–Trinajstić information content (AvgIpc) is 3.71. The second kappa shape index (κ2) is 22.1. The molecule has 0 unspecified atom stereocenters. The van der Waals surface area contributed by atoms with E-state index >= 15 is 0 Å². The summed E-state index contributed by atoms with van der Waals surface area (Å²) in [4.78, 5) is 78.8. The Balaban J connectivity index is 0.978. The first-order chi connectivity index (χ1) is 32.7. The Hall–Kier alpha value is -7.17. The molecule has 1 aliphatic rings. The minimum Gasteiger partial charge on any atom is -0.478 e. The molecule has 1 aliphatic heterocycles. The first-order valence-corrected chi connectivity index (χ1v) is 24.7. The zero-order chi connectivity index (χ0) is 48.4. The van der Waals surface area contributed by atoms with Gasteiger partial charge in [-0.15, -0.1) is 0 Å².